The van der Waals surface area contributed by atoms with E-state index in [4.69, 9.17) is 27.9 Å². The van der Waals surface area contributed by atoms with Crippen molar-refractivity contribution in [1.29, 1.82) is 0 Å². The molecule has 0 unspecified atom stereocenters. The fourth-order valence-electron chi connectivity index (χ4n) is 1.11. The molecule has 0 spiro atoms. The van der Waals surface area contributed by atoms with Crippen molar-refractivity contribution in [3.63, 3.8) is 0 Å². The highest BCUT2D eigenvalue weighted by Crippen LogP contribution is 2.22. The van der Waals surface area contributed by atoms with Crippen molar-refractivity contribution >= 4 is 29.0 Å². The number of halogens is 2. The lowest BCUT2D eigenvalue weighted by Crippen LogP contribution is -1.93. The smallest absolute Gasteiger partial charge is 0.224 e. The first-order valence-electron chi connectivity index (χ1n) is 3.79. The van der Waals surface area contributed by atoms with Gasteiger partial charge in [0.05, 0.1) is 6.61 Å². The van der Waals surface area contributed by atoms with Gasteiger partial charge in [-0.05, 0) is 17.7 Å². The zero-order valence-corrected chi connectivity index (χ0v) is 8.14. The number of hydrogen-bond acceptors (Lipinski definition) is 3. The van der Waals surface area contributed by atoms with Crippen LogP contribution in [0, 0.1) is 0 Å². The monoisotopic (exact) mass is 216 g/mol. The van der Waals surface area contributed by atoms with Crippen LogP contribution in [-0.4, -0.2) is 16.6 Å². The molecule has 0 saturated heterocycles. The lowest BCUT2D eigenvalue weighted by Gasteiger charge is -2.02. The summed E-state index contributed by atoms with van der Waals surface area (Å²) >= 11 is 11.3. The minimum atomic E-state index is 0.138. The van der Waals surface area contributed by atoms with Gasteiger partial charge in [-0.1, -0.05) is 11.6 Å². The molecule has 1 aliphatic rings. The second-order valence-corrected chi connectivity index (χ2v) is 3.28. The molecule has 0 amide bonds. The van der Waals surface area contributed by atoms with Crippen LogP contribution in [0.5, 0.6) is 0 Å². The van der Waals surface area contributed by atoms with E-state index in [2.05, 4.69) is 9.97 Å². The summed E-state index contributed by atoms with van der Waals surface area (Å²) in [5, 5.41) is 0.463. The quantitative estimate of drug-likeness (QED) is 0.535. The number of nitrogens with zero attached hydrogens (tertiary/aromatic N) is 2. The van der Waals surface area contributed by atoms with Crippen molar-refractivity contribution in [2.24, 2.45) is 0 Å². The van der Waals surface area contributed by atoms with Crippen LogP contribution >= 0.6 is 23.2 Å². The highest BCUT2D eigenvalue weighted by atomic mass is 35.5. The maximum Gasteiger partial charge on any atom is 0.224 e. The Morgan fingerprint density at radius 2 is 2.15 bits per heavy atom. The SMILES string of the molecule is Clc1cc(C2=CCCO2)nc(Cl)n1. The second kappa shape index (κ2) is 3.52. The van der Waals surface area contributed by atoms with Gasteiger partial charge in [0.1, 0.15) is 16.6 Å². The van der Waals surface area contributed by atoms with Crippen molar-refractivity contribution in [2.75, 3.05) is 6.61 Å². The molecule has 2 rings (SSSR count). The zero-order valence-electron chi connectivity index (χ0n) is 6.63. The van der Waals surface area contributed by atoms with Crippen molar-refractivity contribution in [2.45, 2.75) is 6.42 Å². The molecule has 0 N–H and O–H groups in total. The molecule has 0 radical (unpaired) electrons. The Balaban J connectivity index is 2.39. The van der Waals surface area contributed by atoms with Crippen LogP contribution in [0.1, 0.15) is 12.1 Å². The minimum Gasteiger partial charge on any atom is -0.491 e. The Morgan fingerprint density at radius 1 is 1.31 bits per heavy atom. The molecule has 0 saturated carbocycles. The minimum absolute atomic E-state index is 0.138. The van der Waals surface area contributed by atoms with Crippen molar-refractivity contribution in [3.8, 4) is 0 Å². The first kappa shape index (κ1) is 8.78. The summed E-state index contributed by atoms with van der Waals surface area (Å²) < 4.78 is 5.30. The van der Waals surface area contributed by atoms with Gasteiger partial charge in [-0.15, -0.1) is 0 Å². The van der Waals surface area contributed by atoms with Crippen molar-refractivity contribution < 1.29 is 4.74 Å². The highest BCUT2D eigenvalue weighted by molar-refractivity contribution is 6.31. The number of rotatable bonds is 1. The van der Waals surface area contributed by atoms with Gasteiger partial charge in [0.2, 0.25) is 5.28 Å². The molecule has 1 aromatic rings. The van der Waals surface area contributed by atoms with E-state index in [0.717, 1.165) is 12.2 Å². The average Bonchev–Trinajstić information content (AvgIpc) is 2.53. The summed E-state index contributed by atoms with van der Waals surface area (Å²) in [6, 6.07) is 1.63. The van der Waals surface area contributed by atoms with E-state index in [1.54, 1.807) is 6.07 Å². The number of hydrogen-bond donors (Lipinski definition) is 0. The van der Waals surface area contributed by atoms with Crippen molar-refractivity contribution in [3.05, 3.63) is 28.3 Å². The molecule has 0 atom stereocenters. The van der Waals surface area contributed by atoms with Gasteiger partial charge in [0.15, 0.2) is 0 Å². The van der Waals surface area contributed by atoms with E-state index >= 15 is 0 Å². The van der Waals surface area contributed by atoms with E-state index < -0.39 is 0 Å². The van der Waals surface area contributed by atoms with Crippen LogP contribution in [0.2, 0.25) is 10.4 Å². The van der Waals surface area contributed by atoms with E-state index in [9.17, 15) is 0 Å². The van der Waals surface area contributed by atoms with Crippen LogP contribution in [0.3, 0.4) is 0 Å². The predicted octanol–water partition coefficient (Wildman–Crippen LogP) is 2.54. The standard InChI is InChI=1S/C8H6Cl2N2O/c9-7-4-5(11-8(10)12-7)6-2-1-3-13-6/h2,4H,1,3H2. The molecular formula is C8H6Cl2N2O. The summed E-state index contributed by atoms with van der Waals surface area (Å²) in [5.41, 5.74) is 0.641. The molecule has 0 aromatic carbocycles. The van der Waals surface area contributed by atoms with Crippen LogP contribution in [-0.2, 0) is 4.74 Å². The lowest BCUT2D eigenvalue weighted by atomic mass is 10.3. The topological polar surface area (TPSA) is 35.0 Å². The molecule has 2 heterocycles. The number of aromatic nitrogens is 2. The first-order valence-corrected chi connectivity index (χ1v) is 4.55. The Kier molecular flexibility index (Phi) is 2.38. The second-order valence-electron chi connectivity index (χ2n) is 2.55. The van der Waals surface area contributed by atoms with Gasteiger partial charge in [0.25, 0.3) is 0 Å². The maximum absolute atomic E-state index is 5.71. The molecule has 0 aliphatic carbocycles. The largest absolute Gasteiger partial charge is 0.491 e. The van der Waals surface area contributed by atoms with E-state index in [1.807, 2.05) is 6.08 Å². The van der Waals surface area contributed by atoms with Gasteiger partial charge < -0.3 is 4.74 Å². The summed E-state index contributed by atoms with van der Waals surface area (Å²) in [7, 11) is 0. The predicted molar refractivity (Wildman–Crippen MR) is 50.6 cm³/mol. The van der Waals surface area contributed by atoms with Gasteiger partial charge >= 0.3 is 0 Å². The first-order chi connectivity index (χ1) is 6.25. The zero-order chi connectivity index (χ0) is 9.26. The molecule has 68 valence electrons. The highest BCUT2D eigenvalue weighted by Gasteiger charge is 2.11. The van der Waals surface area contributed by atoms with Gasteiger partial charge in [-0.25, -0.2) is 9.97 Å². The molecule has 1 aromatic heterocycles. The van der Waals surface area contributed by atoms with Crippen molar-refractivity contribution in [1.82, 2.24) is 9.97 Å². The molecule has 0 fully saturated rings. The fourth-order valence-corrected chi connectivity index (χ4v) is 1.52. The summed E-state index contributed by atoms with van der Waals surface area (Å²) in [6.07, 6.45) is 2.85. The molecule has 0 bridgehead atoms. The molecule has 13 heavy (non-hydrogen) atoms. The molecule has 5 heteroatoms. The maximum atomic E-state index is 5.71. The normalized spacial score (nSPS) is 15.4. The van der Waals surface area contributed by atoms with Crippen LogP contribution < -0.4 is 0 Å². The molecular weight excluding hydrogens is 211 g/mol. The Bertz CT molecular complexity index is 345. The Hall–Kier alpha value is -0.800. The number of ether oxygens (including phenoxy) is 1. The summed E-state index contributed by atoms with van der Waals surface area (Å²) in [6.45, 7) is 0.689. The third-order valence-corrected chi connectivity index (χ3v) is 1.99. The molecule has 1 aliphatic heterocycles. The summed E-state index contributed by atoms with van der Waals surface area (Å²) in [5.74, 6) is 0.728. The van der Waals surface area contributed by atoms with Crippen LogP contribution in [0.25, 0.3) is 5.76 Å². The third-order valence-electron chi connectivity index (χ3n) is 1.63. The molecule has 3 nitrogen and oxygen atoms in total. The third kappa shape index (κ3) is 1.92. The fraction of sp³-hybridized carbons (Fsp3) is 0.250. The average molecular weight is 217 g/mol. The van der Waals surface area contributed by atoms with E-state index in [0.29, 0.717) is 17.5 Å². The lowest BCUT2D eigenvalue weighted by molar-refractivity contribution is 0.306. The summed E-state index contributed by atoms with van der Waals surface area (Å²) in [4.78, 5) is 7.74. The van der Waals surface area contributed by atoms with Crippen LogP contribution in [0.4, 0.5) is 0 Å². The van der Waals surface area contributed by atoms with Crippen LogP contribution in [0.15, 0.2) is 12.1 Å². The van der Waals surface area contributed by atoms with Gasteiger partial charge in [-0.2, -0.15) is 0 Å². The van der Waals surface area contributed by atoms with E-state index in [-0.39, 0.29) is 5.28 Å². The Morgan fingerprint density at radius 3 is 2.77 bits per heavy atom. The van der Waals surface area contributed by atoms with E-state index in [1.165, 1.54) is 0 Å². The van der Waals surface area contributed by atoms with Gasteiger partial charge in [-0.3, -0.25) is 0 Å². The Labute approximate surface area is 85.4 Å². The van der Waals surface area contributed by atoms with Gasteiger partial charge in [0, 0.05) is 12.5 Å².